The zero-order chi connectivity index (χ0) is 13.0. The summed E-state index contributed by atoms with van der Waals surface area (Å²) in [5.74, 6) is 0.567. The van der Waals surface area contributed by atoms with Crippen LogP contribution < -0.4 is 10.1 Å². The maximum Gasteiger partial charge on any atom is 0.262 e. The van der Waals surface area contributed by atoms with Gasteiger partial charge in [0.05, 0.1) is 12.3 Å². The van der Waals surface area contributed by atoms with Crippen LogP contribution in [0.2, 0.25) is 0 Å². The van der Waals surface area contributed by atoms with Crippen LogP contribution in [0.25, 0.3) is 0 Å². The van der Waals surface area contributed by atoms with Gasteiger partial charge in [0.1, 0.15) is 5.75 Å². The Morgan fingerprint density at radius 2 is 2.17 bits per heavy atom. The summed E-state index contributed by atoms with van der Waals surface area (Å²) < 4.78 is 5.33. The molecule has 1 heterocycles. The van der Waals surface area contributed by atoms with Gasteiger partial charge in [0.25, 0.3) is 5.91 Å². The van der Waals surface area contributed by atoms with Gasteiger partial charge in [-0.25, -0.2) is 0 Å². The molecular weight excluding hydrogens is 230 g/mol. The predicted octanol–water partition coefficient (Wildman–Crippen LogP) is 1.68. The number of anilines is 1. The van der Waals surface area contributed by atoms with Crippen molar-refractivity contribution in [1.82, 2.24) is 0 Å². The first-order chi connectivity index (χ1) is 8.48. The predicted molar refractivity (Wildman–Crippen MR) is 67.7 cm³/mol. The number of hydrogen-bond donors (Lipinski definition) is 2. The molecule has 0 radical (unpaired) electrons. The highest BCUT2D eigenvalue weighted by Crippen LogP contribution is 2.64. The molecule has 96 valence electrons. The molecule has 3 rings (SSSR count). The average molecular weight is 247 g/mol. The first kappa shape index (κ1) is 11.5. The van der Waals surface area contributed by atoms with Crippen molar-refractivity contribution >= 4 is 11.6 Å². The minimum absolute atomic E-state index is 0.0724. The highest BCUT2D eigenvalue weighted by Gasteiger charge is 2.61. The summed E-state index contributed by atoms with van der Waals surface area (Å²) in [5, 5.41) is 12.5. The van der Waals surface area contributed by atoms with Crippen LogP contribution in [0.15, 0.2) is 18.2 Å². The van der Waals surface area contributed by atoms with Gasteiger partial charge in [0.2, 0.25) is 0 Å². The van der Waals surface area contributed by atoms with Crippen molar-refractivity contribution in [3.63, 3.8) is 0 Å². The van der Waals surface area contributed by atoms with Crippen molar-refractivity contribution in [2.75, 3.05) is 18.5 Å². The number of hydrogen-bond acceptors (Lipinski definition) is 3. The molecule has 4 heteroatoms. The topological polar surface area (TPSA) is 58.6 Å². The van der Waals surface area contributed by atoms with E-state index in [0.29, 0.717) is 11.4 Å². The second-order valence-electron chi connectivity index (χ2n) is 5.85. The lowest BCUT2D eigenvalue weighted by Crippen LogP contribution is -2.26. The van der Waals surface area contributed by atoms with E-state index in [0.717, 1.165) is 12.0 Å². The molecule has 1 saturated carbocycles. The molecule has 1 amide bonds. The number of carbonyl (C=O) groups is 1. The molecular formula is C14H17NO3. The van der Waals surface area contributed by atoms with Gasteiger partial charge in [-0.05, 0) is 29.5 Å². The number of nitrogens with one attached hydrogen (secondary N) is 1. The van der Waals surface area contributed by atoms with Crippen molar-refractivity contribution in [2.45, 2.75) is 25.7 Å². The van der Waals surface area contributed by atoms with Crippen molar-refractivity contribution in [1.29, 1.82) is 0 Å². The minimum atomic E-state index is -0.176. The molecule has 0 saturated heterocycles. The molecule has 1 aromatic rings. The third kappa shape index (κ3) is 1.45. The van der Waals surface area contributed by atoms with Crippen LogP contribution >= 0.6 is 0 Å². The van der Waals surface area contributed by atoms with Gasteiger partial charge in [-0.2, -0.15) is 0 Å². The molecule has 1 aromatic carbocycles. The molecule has 1 unspecified atom stereocenters. The summed E-state index contributed by atoms with van der Waals surface area (Å²) in [6, 6.07) is 5.79. The maximum absolute atomic E-state index is 11.3. The van der Waals surface area contributed by atoms with Crippen molar-refractivity contribution in [3.8, 4) is 5.75 Å². The molecule has 0 aromatic heterocycles. The van der Waals surface area contributed by atoms with E-state index in [4.69, 9.17) is 4.74 Å². The molecule has 1 fully saturated rings. The van der Waals surface area contributed by atoms with E-state index in [-0.39, 0.29) is 30.0 Å². The summed E-state index contributed by atoms with van der Waals surface area (Å²) in [5.41, 5.74) is 1.71. The highest BCUT2D eigenvalue weighted by molar-refractivity contribution is 5.95. The highest BCUT2D eigenvalue weighted by atomic mass is 16.5. The van der Waals surface area contributed by atoms with E-state index in [1.165, 1.54) is 0 Å². The first-order valence-corrected chi connectivity index (χ1v) is 6.17. The van der Waals surface area contributed by atoms with Crippen LogP contribution in [-0.4, -0.2) is 24.2 Å². The second-order valence-corrected chi connectivity index (χ2v) is 5.85. The van der Waals surface area contributed by atoms with Crippen LogP contribution in [0.5, 0.6) is 5.75 Å². The van der Waals surface area contributed by atoms with Gasteiger partial charge >= 0.3 is 0 Å². The van der Waals surface area contributed by atoms with Crippen molar-refractivity contribution in [2.24, 2.45) is 5.41 Å². The lowest BCUT2D eigenvalue weighted by atomic mass is 9.88. The first-order valence-electron chi connectivity index (χ1n) is 6.17. The standard InChI is InChI=1S/C14H17NO3/c1-13(2)7-14(13,8-16)9-3-4-11-10(5-9)15-12(17)6-18-11/h3-5,16H,6-8H2,1-2H3,(H,15,17). The number of ether oxygens (including phenoxy) is 1. The van der Waals surface area contributed by atoms with Gasteiger partial charge < -0.3 is 15.2 Å². The zero-order valence-corrected chi connectivity index (χ0v) is 10.6. The fraction of sp³-hybridized carbons (Fsp3) is 0.500. The molecule has 2 N–H and O–H groups in total. The SMILES string of the molecule is CC1(C)CC1(CO)c1ccc2c(c1)NC(=O)CO2. The number of carbonyl (C=O) groups excluding carboxylic acids is 1. The van der Waals surface area contributed by atoms with Crippen LogP contribution in [0.1, 0.15) is 25.8 Å². The van der Waals surface area contributed by atoms with Crippen LogP contribution in [-0.2, 0) is 10.2 Å². The lowest BCUT2D eigenvalue weighted by Gasteiger charge is -2.23. The second kappa shape index (κ2) is 3.48. The van der Waals surface area contributed by atoms with E-state index in [1.807, 2.05) is 18.2 Å². The van der Waals surface area contributed by atoms with E-state index in [2.05, 4.69) is 19.2 Å². The quantitative estimate of drug-likeness (QED) is 0.836. The molecule has 4 nitrogen and oxygen atoms in total. The number of aliphatic hydroxyl groups excluding tert-OH is 1. The largest absolute Gasteiger partial charge is 0.482 e. The number of benzene rings is 1. The summed E-state index contributed by atoms with van der Waals surface area (Å²) in [7, 11) is 0. The van der Waals surface area contributed by atoms with E-state index in [1.54, 1.807) is 0 Å². The van der Waals surface area contributed by atoms with Gasteiger partial charge in [-0.15, -0.1) is 0 Å². The lowest BCUT2D eigenvalue weighted by molar-refractivity contribution is -0.118. The van der Waals surface area contributed by atoms with Crippen LogP contribution in [0, 0.1) is 5.41 Å². The Hall–Kier alpha value is -1.55. The fourth-order valence-corrected chi connectivity index (χ4v) is 2.95. The number of aliphatic hydroxyl groups is 1. The Balaban J connectivity index is 2.00. The van der Waals surface area contributed by atoms with Crippen molar-refractivity contribution in [3.05, 3.63) is 23.8 Å². The van der Waals surface area contributed by atoms with Gasteiger partial charge in [0.15, 0.2) is 6.61 Å². The van der Waals surface area contributed by atoms with Gasteiger partial charge in [-0.1, -0.05) is 19.9 Å². The molecule has 1 atom stereocenters. The third-order valence-electron chi connectivity index (χ3n) is 4.35. The maximum atomic E-state index is 11.3. The smallest absolute Gasteiger partial charge is 0.262 e. The minimum Gasteiger partial charge on any atom is -0.482 e. The molecule has 0 bridgehead atoms. The Kier molecular flexibility index (Phi) is 2.23. The van der Waals surface area contributed by atoms with Crippen LogP contribution in [0.4, 0.5) is 5.69 Å². The van der Waals surface area contributed by atoms with E-state index >= 15 is 0 Å². The summed E-state index contributed by atoms with van der Waals surface area (Å²) in [6.45, 7) is 4.51. The van der Waals surface area contributed by atoms with Crippen LogP contribution in [0.3, 0.4) is 0 Å². The number of rotatable bonds is 2. The molecule has 2 aliphatic rings. The Bertz CT molecular complexity index is 524. The summed E-state index contributed by atoms with van der Waals surface area (Å²) in [4.78, 5) is 11.3. The van der Waals surface area contributed by atoms with E-state index < -0.39 is 0 Å². The molecule has 1 aliphatic carbocycles. The Labute approximate surface area is 106 Å². The third-order valence-corrected chi connectivity index (χ3v) is 4.35. The summed E-state index contributed by atoms with van der Waals surface area (Å²) in [6.07, 6.45) is 0.962. The summed E-state index contributed by atoms with van der Waals surface area (Å²) >= 11 is 0. The number of amides is 1. The molecule has 18 heavy (non-hydrogen) atoms. The normalized spacial score (nSPS) is 28.1. The monoisotopic (exact) mass is 247 g/mol. The van der Waals surface area contributed by atoms with E-state index in [9.17, 15) is 9.90 Å². The molecule has 0 spiro atoms. The average Bonchev–Trinajstić information content (AvgIpc) is 2.92. The Morgan fingerprint density at radius 1 is 1.44 bits per heavy atom. The van der Waals surface area contributed by atoms with Crippen molar-refractivity contribution < 1.29 is 14.6 Å². The van der Waals surface area contributed by atoms with Gasteiger partial charge in [0, 0.05) is 5.41 Å². The number of fused-ring (bicyclic) bond motifs is 1. The zero-order valence-electron chi connectivity index (χ0n) is 10.6. The van der Waals surface area contributed by atoms with Gasteiger partial charge in [-0.3, -0.25) is 4.79 Å². The fourth-order valence-electron chi connectivity index (χ4n) is 2.95. The molecule has 1 aliphatic heterocycles. The Morgan fingerprint density at radius 3 is 2.78 bits per heavy atom.